The largest absolute Gasteiger partial charge is 0.455 e. The number of hydrogen-bond donors (Lipinski definition) is 0. The van der Waals surface area contributed by atoms with Crippen molar-refractivity contribution in [3.63, 3.8) is 0 Å². The van der Waals surface area contributed by atoms with Crippen LogP contribution in [-0.4, -0.2) is 9.13 Å². The lowest BCUT2D eigenvalue weighted by molar-refractivity contribution is 0.673. The standard InChI is InChI=1S/C46H28N2O/c1-2-11-29(12-3-1)31-21-26-44-37(27-31)36-23-25-43-45(46(36)49-44)38-28-32(47-40-18-8-6-16-34(40)35-17-7-9-19-41(35)47)22-24-42(38)48(43)39-20-10-14-30-13-4-5-15-33(30)39/h1-28H. The van der Waals surface area contributed by atoms with E-state index in [4.69, 9.17) is 4.42 Å². The van der Waals surface area contributed by atoms with Gasteiger partial charge in [-0.15, -0.1) is 0 Å². The number of aromatic nitrogens is 2. The lowest BCUT2D eigenvalue weighted by Gasteiger charge is -2.12. The zero-order valence-corrected chi connectivity index (χ0v) is 26.5. The molecule has 3 aromatic heterocycles. The highest BCUT2D eigenvalue weighted by molar-refractivity contribution is 6.25. The van der Waals surface area contributed by atoms with Gasteiger partial charge in [0.2, 0.25) is 0 Å². The van der Waals surface area contributed by atoms with Crippen LogP contribution in [0.15, 0.2) is 174 Å². The predicted octanol–water partition coefficient (Wildman–Crippen LogP) is 12.6. The molecule has 0 spiro atoms. The van der Waals surface area contributed by atoms with Crippen molar-refractivity contribution in [3.8, 4) is 22.5 Å². The molecule has 0 saturated carbocycles. The Labute approximate surface area is 281 Å². The Morgan fingerprint density at radius 2 is 1.04 bits per heavy atom. The maximum Gasteiger partial charge on any atom is 0.145 e. The summed E-state index contributed by atoms with van der Waals surface area (Å²) in [5, 5.41) is 9.48. The van der Waals surface area contributed by atoms with Gasteiger partial charge in [0.15, 0.2) is 0 Å². The van der Waals surface area contributed by atoms with Crippen LogP contribution in [0.2, 0.25) is 0 Å². The van der Waals surface area contributed by atoms with Gasteiger partial charge in [-0.3, -0.25) is 0 Å². The SMILES string of the molecule is c1ccc(-c2ccc3oc4c(ccc5c4c4cc(-n6c7ccccc7c7ccccc76)ccc4n5-c4cccc5ccccc45)c3c2)cc1. The minimum atomic E-state index is 0.895. The van der Waals surface area contributed by atoms with Gasteiger partial charge >= 0.3 is 0 Å². The maximum absolute atomic E-state index is 6.85. The average molecular weight is 625 g/mol. The molecule has 0 saturated heterocycles. The molecule has 3 nitrogen and oxygen atoms in total. The molecule has 0 aliphatic rings. The topological polar surface area (TPSA) is 23.0 Å². The van der Waals surface area contributed by atoms with E-state index in [0.717, 1.165) is 55.1 Å². The Morgan fingerprint density at radius 3 is 1.86 bits per heavy atom. The van der Waals surface area contributed by atoms with Crippen LogP contribution in [0.4, 0.5) is 0 Å². The molecule has 0 aliphatic heterocycles. The summed E-state index contributed by atoms with van der Waals surface area (Å²) in [6.45, 7) is 0. The Kier molecular flexibility index (Phi) is 5.38. The van der Waals surface area contributed by atoms with Crippen LogP contribution in [-0.2, 0) is 0 Å². The third-order valence-electron chi connectivity index (χ3n) is 10.3. The fourth-order valence-corrected chi connectivity index (χ4v) is 8.14. The monoisotopic (exact) mass is 624 g/mol. The maximum atomic E-state index is 6.85. The molecular weight excluding hydrogens is 597 g/mol. The van der Waals surface area contributed by atoms with E-state index in [2.05, 4.69) is 179 Å². The first-order chi connectivity index (χ1) is 24.3. The van der Waals surface area contributed by atoms with Crippen molar-refractivity contribution >= 4 is 76.3 Å². The molecule has 49 heavy (non-hydrogen) atoms. The van der Waals surface area contributed by atoms with Crippen LogP contribution in [0.25, 0.3) is 98.8 Å². The molecule has 0 fully saturated rings. The normalized spacial score (nSPS) is 12.1. The molecule has 0 N–H and O–H groups in total. The van der Waals surface area contributed by atoms with Crippen molar-refractivity contribution in [1.82, 2.24) is 9.13 Å². The first-order valence-electron chi connectivity index (χ1n) is 16.8. The number of benzene rings is 8. The number of furan rings is 1. The average Bonchev–Trinajstić information content (AvgIpc) is 3.82. The number of rotatable bonds is 3. The van der Waals surface area contributed by atoms with Crippen molar-refractivity contribution < 1.29 is 4.42 Å². The van der Waals surface area contributed by atoms with Crippen molar-refractivity contribution in [3.05, 3.63) is 170 Å². The van der Waals surface area contributed by atoms with E-state index in [-0.39, 0.29) is 0 Å². The molecule has 0 unspecified atom stereocenters. The van der Waals surface area contributed by atoms with E-state index in [9.17, 15) is 0 Å². The molecule has 0 amide bonds. The van der Waals surface area contributed by atoms with E-state index in [1.54, 1.807) is 0 Å². The molecule has 0 bridgehead atoms. The summed E-state index contributed by atoms with van der Waals surface area (Å²) in [5.41, 5.74) is 11.1. The van der Waals surface area contributed by atoms with Gasteiger partial charge in [-0.25, -0.2) is 0 Å². The Bertz CT molecular complexity index is 3040. The van der Waals surface area contributed by atoms with Gasteiger partial charge in [0.25, 0.3) is 0 Å². The summed E-state index contributed by atoms with van der Waals surface area (Å²) in [6, 6.07) is 61.2. The number of nitrogens with zero attached hydrogens (tertiary/aromatic N) is 2. The van der Waals surface area contributed by atoms with E-state index in [1.165, 1.54) is 43.7 Å². The van der Waals surface area contributed by atoms with Crippen LogP contribution in [0.5, 0.6) is 0 Å². The lowest BCUT2D eigenvalue weighted by Crippen LogP contribution is -1.96. The zero-order valence-electron chi connectivity index (χ0n) is 26.5. The molecule has 8 aromatic carbocycles. The Hall–Kier alpha value is -6.58. The first-order valence-corrected chi connectivity index (χ1v) is 16.8. The molecule has 3 heteroatoms. The molecule has 0 atom stereocenters. The third kappa shape index (κ3) is 3.73. The summed E-state index contributed by atoms with van der Waals surface area (Å²) in [7, 11) is 0. The van der Waals surface area contributed by atoms with Gasteiger partial charge in [0, 0.05) is 38.0 Å². The Balaban J connectivity index is 1.27. The highest BCUT2D eigenvalue weighted by Crippen LogP contribution is 2.43. The minimum absolute atomic E-state index is 0.895. The van der Waals surface area contributed by atoms with E-state index >= 15 is 0 Å². The van der Waals surface area contributed by atoms with Crippen LogP contribution < -0.4 is 0 Å². The molecule has 0 radical (unpaired) electrons. The van der Waals surface area contributed by atoms with Crippen molar-refractivity contribution in [2.45, 2.75) is 0 Å². The lowest BCUT2D eigenvalue weighted by atomic mass is 10.0. The smallest absolute Gasteiger partial charge is 0.145 e. The molecule has 11 aromatic rings. The van der Waals surface area contributed by atoms with E-state index in [1.807, 2.05) is 0 Å². The number of fused-ring (bicyclic) bond motifs is 11. The summed E-state index contributed by atoms with van der Waals surface area (Å²) >= 11 is 0. The van der Waals surface area contributed by atoms with Crippen LogP contribution in [0, 0.1) is 0 Å². The third-order valence-corrected chi connectivity index (χ3v) is 10.3. The second kappa shape index (κ2) is 9.96. The fourth-order valence-electron chi connectivity index (χ4n) is 8.14. The molecule has 11 rings (SSSR count). The second-order valence-electron chi connectivity index (χ2n) is 12.9. The molecular formula is C46H28N2O. The number of hydrogen-bond acceptors (Lipinski definition) is 1. The van der Waals surface area contributed by atoms with E-state index < -0.39 is 0 Å². The first kappa shape index (κ1) is 26.5. The summed E-state index contributed by atoms with van der Waals surface area (Å²) < 4.78 is 11.7. The van der Waals surface area contributed by atoms with Crippen molar-refractivity contribution in [1.29, 1.82) is 0 Å². The summed E-state index contributed by atoms with van der Waals surface area (Å²) in [4.78, 5) is 0. The summed E-state index contributed by atoms with van der Waals surface area (Å²) in [5.74, 6) is 0. The quantitative estimate of drug-likeness (QED) is 0.192. The van der Waals surface area contributed by atoms with Crippen LogP contribution >= 0.6 is 0 Å². The highest BCUT2D eigenvalue weighted by atomic mass is 16.3. The zero-order chi connectivity index (χ0) is 32.1. The van der Waals surface area contributed by atoms with E-state index in [0.29, 0.717) is 0 Å². The van der Waals surface area contributed by atoms with Crippen LogP contribution in [0.3, 0.4) is 0 Å². The highest BCUT2D eigenvalue weighted by Gasteiger charge is 2.21. The van der Waals surface area contributed by atoms with Gasteiger partial charge < -0.3 is 13.6 Å². The Morgan fingerprint density at radius 1 is 0.367 bits per heavy atom. The fraction of sp³-hybridized carbons (Fsp3) is 0. The van der Waals surface area contributed by atoms with Gasteiger partial charge in [-0.1, -0.05) is 109 Å². The van der Waals surface area contributed by atoms with Crippen molar-refractivity contribution in [2.24, 2.45) is 0 Å². The summed E-state index contributed by atoms with van der Waals surface area (Å²) in [6.07, 6.45) is 0. The number of para-hydroxylation sites is 2. The molecule has 0 aliphatic carbocycles. The molecule has 228 valence electrons. The minimum Gasteiger partial charge on any atom is -0.455 e. The predicted molar refractivity (Wildman–Crippen MR) is 205 cm³/mol. The van der Waals surface area contributed by atoms with Gasteiger partial charge in [-0.05, 0) is 77.2 Å². The molecule has 3 heterocycles. The van der Waals surface area contributed by atoms with Gasteiger partial charge in [0.05, 0.1) is 33.1 Å². The van der Waals surface area contributed by atoms with Gasteiger partial charge in [0.1, 0.15) is 11.2 Å². The second-order valence-corrected chi connectivity index (χ2v) is 12.9. The van der Waals surface area contributed by atoms with Crippen LogP contribution in [0.1, 0.15) is 0 Å². The van der Waals surface area contributed by atoms with Gasteiger partial charge in [-0.2, -0.15) is 0 Å². The van der Waals surface area contributed by atoms with Crippen molar-refractivity contribution in [2.75, 3.05) is 0 Å².